The van der Waals surface area contributed by atoms with Gasteiger partial charge in [-0.25, -0.2) is 0 Å². The largest absolute Gasteiger partial charge is 0.0654 e. The molecule has 0 bridgehead atoms. The smallest absolute Gasteiger partial charge is 0.0357 e. The molecule has 70 valence electrons. The van der Waals surface area contributed by atoms with Gasteiger partial charge in [0.2, 0.25) is 0 Å². The van der Waals surface area contributed by atoms with Crippen LogP contribution in [0.25, 0.3) is 0 Å². The van der Waals surface area contributed by atoms with Gasteiger partial charge >= 0.3 is 0 Å². The zero-order valence-corrected chi connectivity index (χ0v) is 8.39. The van der Waals surface area contributed by atoms with Crippen LogP contribution >= 0.6 is 0 Å². The van der Waals surface area contributed by atoms with Crippen molar-refractivity contribution in [3.05, 3.63) is 0 Å². The summed E-state index contributed by atoms with van der Waals surface area (Å²) in [6.07, 6.45) is 12.2. The van der Waals surface area contributed by atoms with Crippen LogP contribution in [0.4, 0.5) is 0 Å². The molecule has 2 saturated carbocycles. The molecule has 0 heterocycles. The average Bonchev–Trinajstić information content (AvgIpc) is 2.53. The Labute approximate surface area is 76.7 Å². The summed E-state index contributed by atoms with van der Waals surface area (Å²) in [5, 5.41) is 0. The highest BCUT2D eigenvalue weighted by Crippen LogP contribution is 2.46. The Morgan fingerprint density at radius 2 is 1.75 bits per heavy atom. The molecule has 3 atom stereocenters. The van der Waals surface area contributed by atoms with Gasteiger partial charge in [0.15, 0.2) is 0 Å². The van der Waals surface area contributed by atoms with Crippen LogP contribution in [0.3, 0.4) is 0 Å². The minimum atomic E-state index is 1.12. The predicted molar refractivity (Wildman–Crippen MR) is 53.1 cm³/mol. The Morgan fingerprint density at radius 3 is 2.50 bits per heavy atom. The molecule has 0 aromatic rings. The van der Waals surface area contributed by atoms with Gasteiger partial charge in [-0.05, 0) is 24.2 Å². The topological polar surface area (TPSA) is 0 Å². The van der Waals surface area contributed by atoms with Crippen molar-refractivity contribution in [3.8, 4) is 0 Å². The lowest BCUT2D eigenvalue weighted by atomic mass is 9.72. The maximum Gasteiger partial charge on any atom is -0.0357 e. The number of rotatable bonds is 2. The molecule has 0 nitrogen and oxygen atoms in total. The molecule has 3 unspecified atom stereocenters. The van der Waals surface area contributed by atoms with Crippen LogP contribution in [0.15, 0.2) is 0 Å². The first-order valence-corrected chi connectivity index (χ1v) is 5.92. The molecular weight excluding hydrogens is 144 g/mol. The van der Waals surface area contributed by atoms with Gasteiger partial charge in [-0.3, -0.25) is 0 Å². The van der Waals surface area contributed by atoms with E-state index in [0.717, 1.165) is 17.8 Å². The van der Waals surface area contributed by atoms with Gasteiger partial charge in [0.25, 0.3) is 0 Å². The van der Waals surface area contributed by atoms with Crippen LogP contribution in [0.5, 0.6) is 0 Å². The van der Waals surface area contributed by atoms with E-state index in [1.165, 1.54) is 25.7 Å². The van der Waals surface area contributed by atoms with Gasteiger partial charge < -0.3 is 0 Å². The van der Waals surface area contributed by atoms with Crippen molar-refractivity contribution in [1.82, 2.24) is 0 Å². The van der Waals surface area contributed by atoms with Gasteiger partial charge in [-0.1, -0.05) is 51.9 Å². The third kappa shape index (κ3) is 1.53. The first kappa shape index (κ1) is 8.59. The van der Waals surface area contributed by atoms with Crippen LogP contribution in [-0.2, 0) is 0 Å². The standard InChI is InChI=1S/C12H22/c1-2-5-10-6-3-7-11-8-4-9-12(10)11/h10-12H,2-9H2,1H3. The molecule has 2 aliphatic carbocycles. The minimum absolute atomic E-state index is 1.12. The summed E-state index contributed by atoms with van der Waals surface area (Å²) in [7, 11) is 0. The minimum Gasteiger partial charge on any atom is -0.0654 e. The Hall–Kier alpha value is 0. The molecule has 0 heteroatoms. The summed E-state index contributed by atoms with van der Waals surface area (Å²) in [6.45, 7) is 2.35. The highest BCUT2D eigenvalue weighted by atomic mass is 14.4. The summed E-state index contributed by atoms with van der Waals surface area (Å²) < 4.78 is 0. The molecule has 0 aromatic carbocycles. The van der Waals surface area contributed by atoms with Crippen molar-refractivity contribution in [2.24, 2.45) is 17.8 Å². The van der Waals surface area contributed by atoms with E-state index < -0.39 is 0 Å². The second kappa shape index (κ2) is 3.81. The monoisotopic (exact) mass is 166 g/mol. The molecule has 0 radical (unpaired) electrons. The Morgan fingerprint density at radius 1 is 1.00 bits per heavy atom. The third-order valence-electron chi connectivity index (χ3n) is 4.13. The maximum absolute atomic E-state index is 2.35. The molecule has 2 rings (SSSR count). The quantitative estimate of drug-likeness (QED) is 0.581. The van der Waals surface area contributed by atoms with E-state index in [9.17, 15) is 0 Å². The number of hydrogen-bond donors (Lipinski definition) is 0. The van der Waals surface area contributed by atoms with Crippen molar-refractivity contribution in [2.45, 2.75) is 58.3 Å². The van der Waals surface area contributed by atoms with E-state index in [0.29, 0.717) is 0 Å². The summed E-state index contributed by atoms with van der Waals surface area (Å²) in [6, 6.07) is 0. The molecule has 0 N–H and O–H groups in total. The summed E-state index contributed by atoms with van der Waals surface area (Å²) in [5.74, 6) is 3.42. The van der Waals surface area contributed by atoms with E-state index in [-0.39, 0.29) is 0 Å². The van der Waals surface area contributed by atoms with Gasteiger partial charge in [0.1, 0.15) is 0 Å². The van der Waals surface area contributed by atoms with Gasteiger partial charge in [0, 0.05) is 0 Å². The molecule has 2 fully saturated rings. The molecule has 0 aromatic heterocycles. The van der Waals surface area contributed by atoms with Crippen LogP contribution in [0, 0.1) is 17.8 Å². The van der Waals surface area contributed by atoms with Crippen LogP contribution < -0.4 is 0 Å². The van der Waals surface area contributed by atoms with E-state index in [4.69, 9.17) is 0 Å². The fourth-order valence-corrected chi connectivity index (χ4v) is 3.63. The van der Waals surface area contributed by atoms with E-state index in [1.807, 2.05) is 0 Å². The second-order valence-corrected chi connectivity index (χ2v) is 4.83. The molecular formula is C12H22. The fraction of sp³-hybridized carbons (Fsp3) is 1.00. The zero-order valence-electron chi connectivity index (χ0n) is 8.39. The van der Waals surface area contributed by atoms with Crippen LogP contribution in [0.1, 0.15) is 58.3 Å². The lowest BCUT2D eigenvalue weighted by Gasteiger charge is -2.33. The number of fused-ring (bicyclic) bond motifs is 1. The van der Waals surface area contributed by atoms with Gasteiger partial charge in [-0.2, -0.15) is 0 Å². The summed E-state index contributed by atoms with van der Waals surface area (Å²) in [5.41, 5.74) is 0. The highest BCUT2D eigenvalue weighted by Gasteiger charge is 2.35. The lowest BCUT2D eigenvalue weighted by Crippen LogP contribution is -2.23. The second-order valence-electron chi connectivity index (χ2n) is 4.83. The van der Waals surface area contributed by atoms with Crippen molar-refractivity contribution in [1.29, 1.82) is 0 Å². The normalized spacial score (nSPS) is 41.2. The first-order valence-electron chi connectivity index (χ1n) is 5.92. The molecule has 2 aliphatic rings. The molecule has 0 saturated heterocycles. The van der Waals surface area contributed by atoms with Crippen molar-refractivity contribution < 1.29 is 0 Å². The van der Waals surface area contributed by atoms with E-state index in [1.54, 1.807) is 25.7 Å². The number of hydrogen-bond acceptors (Lipinski definition) is 0. The SMILES string of the molecule is CCCC1CCCC2CCCC12. The predicted octanol–water partition coefficient (Wildman–Crippen LogP) is 4.00. The maximum atomic E-state index is 2.35. The lowest BCUT2D eigenvalue weighted by molar-refractivity contribution is 0.171. The Bertz CT molecular complexity index is 137. The van der Waals surface area contributed by atoms with Crippen molar-refractivity contribution in [2.75, 3.05) is 0 Å². The van der Waals surface area contributed by atoms with E-state index in [2.05, 4.69) is 6.92 Å². The summed E-state index contributed by atoms with van der Waals surface area (Å²) >= 11 is 0. The first-order chi connectivity index (χ1) is 5.92. The van der Waals surface area contributed by atoms with Crippen LogP contribution in [-0.4, -0.2) is 0 Å². The molecule has 0 aliphatic heterocycles. The average molecular weight is 166 g/mol. The highest BCUT2D eigenvalue weighted by molar-refractivity contribution is 4.86. The Kier molecular flexibility index (Phi) is 2.73. The fourth-order valence-electron chi connectivity index (χ4n) is 3.63. The van der Waals surface area contributed by atoms with Gasteiger partial charge in [-0.15, -0.1) is 0 Å². The molecule has 12 heavy (non-hydrogen) atoms. The Balaban J connectivity index is 1.94. The zero-order chi connectivity index (χ0) is 8.39. The summed E-state index contributed by atoms with van der Waals surface area (Å²) in [4.78, 5) is 0. The van der Waals surface area contributed by atoms with Gasteiger partial charge in [0.05, 0.1) is 0 Å². The van der Waals surface area contributed by atoms with Crippen molar-refractivity contribution in [3.63, 3.8) is 0 Å². The molecule has 0 amide bonds. The molecule has 0 spiro atoms. The van der Waals surface area contributed by atoms with Crippen molar-refractivity contribution >= 4 is 0 Å². The van der Waals surface area contributed by atoms with E-state index >= 15 is 0 Å². The third-order valence-corrected chi connectivity index (χ3v) is 4.13. The van der Waals surface area contributed by atoms with Crippen LogP contribution in [0.2, 0.25) is 0 Å².